The minimum absolute atomic E-state index is 0. The fraction of sp³-hybridized carbons (Fsp3) is 0.381. The maximum atomic E-state index is 12.2. The van der Waals surface area contributed by atoms with Gasteiger partial charge < -0.3 is 11.1 Å². The van der Waals surface area contributed by atoms with Gasteiger partial charge in [-0.3, -0.25) is 9.69 Å². The zero-order chi connectivity index (χ0) is 18.2. The van der Waals surface area contributed by atoms with Gasteiger partial charge in [0.05, 0.1) is 0 Å². The van der Waals surface area contributed by atoms with E-state index in [-0.39, 0.29) is 36.8 Å². The minimum Gasteiger partial charge on any atom is -0.352 e. The lowest BCUT2D eigenvalue weighted by atomic mass is 10.0. The van der Waals surface area contributed by atoms with Gasteiger partial charge in [0.2, 0.25) is 5.91 Å². The maximum absolute atomic E-state index is 12.2. The van der Waals surface area contributed by atoms with Crippen molar-refractivity contribution in [3.63, 3.8) is 0 Å². The molecule has 0 fully saturated rings. The highest BCUT2D eigenvalue weighted by molar-refractivity contribution is 5.85. The van der Waals surface area contributed by atoms with Crippen LogP contribution in [-0.2, 0) is 17.9 Å². The summed E-state index contributed by atoms with van der Waals surface area (Å²) >= 11 is 0. The molecule has 3 N–H and O–H groups in total. The Hall–Kier alpha value is -1.59. The van der Waals surface area contributed by atoms with E-state index in [1.807, 2.05) is 42.5 Å². The van der Waals surface area contributed by atoms with E-state index >= 15 is 0 Å². The molecule has 1 unspecified atom stereocenters. The lowest BCUT2D eigenvalue weighted by molar-refractivity contribution is -0.121. The maximum Gasteiger partial charge on any atom is 0.222 e. The van der Waals surface area contributed by atoms with Gasteiger partial charge in [0.25, 0.3) is 0 Å². The summed E-state index contributed by atoms with van der Waals surface area (Å²) < 4.78 is 0. The molecule has 0 aliphatic heterocycles. The van der Waals surface area contributed by atoms with Gasteiger partial charge in [0.1, 0.15) is 0 Å². The second-order valence-electron chi connectivity index (χ2n) is 6.83. The van der Waals surface area contributed by atoms with E-state index in [1.54, 1.807) is 0 Å². The fourth-order valence-electron chi connectivity index (χ4n) is 2.60. The Morgan fingerprint density at radius 2 is 1.67 bits per heavy atom. The lowest BCUT2D eigenvalue weighted by Gasteiger charge is -2.21. The lowest BCUT2D eigenvalue weighted by Crippen LogP contribution is -2.27. The first-order chi connectivity index (χ1) is 12.0. The topological polar surface area (TPSA) is 58.4 Å². The zero-order valence-electron chi connectivity index (χ0n) is 16.2. The first-order valence-corrected chi connectivity index (χ1v) is 8.81. The molecule has 0 bridgehead atoms. The van der Waals surface area contributed by atoms with Gasteiger partial charge in [-0.15, -0.1) is 24.8 Å². The van der Waals surface area contributed by atoms with Crippen LogP contribution in [0, 0.1) is 0 Å². The Kier molecular flexibility index (Phi) is 12.0. The van der Waals surface area contributed by atoms with Gasteiger partial charge in [-0.05, 0) is 37.6 Å². The standard InChI is InChI=1S/C21H29N3O.2ClH/c1-16(2)24(3)15-18-9-7-8-17(12-18)14-23-21(25)13-20(22)19-10-5-4-6-11-19;;/h4-12,16,20H,13-15,22H2,1-3H3,(H,23,25);2*1H. The highest BCUT2D eigenvalue weighted by Gasteiger charge is 2.11. The van der Waals surface area contributed by atoms with E-state index in [1.165, 1.54) is 5.56 Å². The van der Waals surface area contributed by atoms with Gasteiger partial charge in [-0.2, -0.15) is 0 Å². The summed E-state index contributed by atoms with van der Waals surface area (Å²) in [6, 6.07) is 18.3. The molecule has 0 radical (unpaired) electrons. The quantitative estimate of drug-likeness (QED) is 0.687. The van der Waals surface area contributed by atoms with Crippen molar-refractivity contribution in [2.45, 2.75) is 45.4 Å². The smallest absolute Gasteiger partial charge is 0.222 e. The monoisotopic (exact) mass is 411 g/mol. The van der Waals surface area contributed by atoms with Crippen LogP contribution in [-0.4, -0.2) is 23.9 Å². The average Bonchev–Trinajstić information content (AvgIpc) is 2.61. The van der Waals surface area contributed by atoms with Crippen LogP contribution < -0.4 is 11.1 Å². The SMILES string of the molecule is CC(C)N(C)Cc1cccc(CNC(=O)CC(N)c2ccccc2)c1.Cl.Cl. The number of hydrogen-bond acceptors (Lipinski definition) is 3. The molecule has 2 rings (SSSR count). The third kappa shape index (κ3) is 8.76. The molecule has 1 atom stereocenters. The van der Waals surface area contributed by atoms with Crippen LogP contribution in [0.1, 0.15) is 43.0 Å². The molecule has 27 heavy (non-hydrogen) atoms. The largest absolute Gasteiger partial charge is 0.352 e. The van der Waals surface area contributed by atoms with E-state index < -0.39 is 0 Å². The number of halogens is 2. The van der Waals surface area contributed by atoms with Gasteiger partial charge in [0, 0.05) is 31.6 Å². The first kappa shape index (κ1) is 25.4. The second-order valence-corrected chi connectivity index (χ2v) is 6.83. The van der Waals surface area contributed by atoms with Crippen LogP contribution in [0.5, 0.6) is 0 Å². The summed E-state index contributed by atoms with van der Waals surface area (Å²) in [5.74, 6) is -0.0268. The number of amides is 1. The normalized spacial score (nSPS) is 11.5. The Labute approximate surface area is 175 Å². The van der Waals surface area contributed by atoms with Gasteiger partial charge >= 0.3 is 0 Å². The van der Waals surface area contributed by atoms with E-state index in [4.69, 9.17) is 5.73 Å². The number of rotatable bonds is 8. The number of carbonyl (C=O) groups is 1. The Morgan fingerprint density at radius 3 is 2.30 bits per heavy atom. The number of hydrogen-bond donors (Lipinski definition) is 2. The molecule has 0 saturated heterocycles. The van der Waals surface area contributed by atoms with Crippen LogP contribution in [0.15, 0.2) is 54.6 Å². The predicted molar refractivity (Wildman–Crippen MR) is 117 cm³/mol. The summed E-state index contributed by atoms with van der Waals surface area (Å²) in [7, 11) is 2.12. The minimum atomic E-state index is -0.271. The van der Waals surface area contributed by atoms with E-state index in [0.29, 0.717) is 19.0 Å². The Morgan fingerprint density at radius 1 is 1.04 bits per heavy atom. The van der Waals surface area contributed by atoms with E-state index in [2.05, 4.69) is 43.2 Å². The predicted octanol–water partition coefficient (Wildman–Crippen LogP) is 4.08. The first-order valence-electron chi connectivity index (χ1n) is 8.81. The van der Waals surface area contributed by atoms with Gasteiger partial charge in [0.15, 0.2) is 0 Å². The van der Waals surface area contributed by atoms with Gasteiger partial charge in [-0.1, -0.05) is 54.6 Å². The molecule has 2 aromatic carbocycles. The molecule has 6 heteroatoms. The molecule has 150 valence electrons. The molecule has 0 spiro atoms. The molecule has 0 aliphatic rings. The molecular formula is C21H31Cl2N3O. The second kappa shape index (κ2) is 12.7. The Bertz CT molecular complexity index is 680. The molecule has 0 aromatic heterocycles. The summed E-state index contributed by atoms with van der Waals surface area (Å²) in [5.41, 5.74) is 9.45. The van der Waals surface area contributed by atoms with Crippen molar-refractivity contribution in [1.29, 1.82) is 0 Å². The molecule has 0 heterocycles. The van der Waals surface area contributed by atoms with Crippen LogP contribution >= 0.6 is 24.8 Å². The molecule has 4 nitrogen and oxygen atoms in total. The number of nitrogens with two attached hydrogens (primary N) is 1. The summed E-state index contributed by atoms with van der Waals surface area (Å²) in [6.07, 6.45) is 0.291. The van der Waals surface area contributed by atoms with Crippen molar-refractivity contribution < 1.29 is 4.79 Å². The van der Waals surface area contributed by atoms with Crippen molar-refractivity contribution in [1.82, 2.24) is 10.2 Å². The van der Waals surface area contributed by atoms with Crippen molar-refractivity contribution in [2.75, 3.05) is 7.05 Å². The van der Waals surface area contributed by atoms with Crippen molar-refractivity contribution in [2.24, 2.45) is 5.73 Å². The summed E-state index contributed by atoms with van der Waals surface area (Å²) in [6.45, 7) is 5.79. The molecule has 0 aliphatic carbocycles. The van der Waals surface area contributed by atoms with E-state index in [9.17, 15) is 4.79 Å². The van der Waals surface area contributed by atoms with Crippen LogP contribution in [0.3, 0.4) is 0 Å². The van der Waals surface area contributed by atoms with E-state index in [0.717, 1.165) is 17.7 Å². The summed E-state index contributed by atoms with van der Waals surface area (Å²) in [4.78, 5) is 14.4. The number of benzene rings is 2. The van der Waals surface area contributed by atoms with Crippen molar-refractivity contribution >= 4 is 30.7 Å². The highest BCUT2D eigenvalue weighted by Crippen LogP contribution is 2.13. The third-order valence-corrected chi connectivity index (χ3v) is 4.43. The number of nitrogens with one attached hydrogen (secondary N) is 1. The zero-order valence-corrected chi connectivity index (χ0v) is 17.9. The third-order valence-electron chi connectivity index (χ3n) is 4.43. The Balaban J connectivity index is 0.00000338. The van der Waals surface area contributed by atoms with Crippen LogP contribution in [0.25, 0.3) is 0 Å². The molecular weight excluding hydrogens is 381 g/mol. The summed E-state index contributed by atoms with van der Waals surface area (Å²) in [5, 5.41) is 2.97. The highest BCUT2D eigenvalue weighted by atomic mass is 35.5. The molecule has 1 amide bonds. The average molecular weight is 412 g/mol. The van der Waals surface area contributed by atoms with Crippen LogP contribution in [0.4, 0.5) is 0 Å². The fourth-order valence-corrected chi connectivity index (χ4v) is 2.60. The van der Waals surface area contributed by atoms with Crippen LogP contribution in [0.2, 0.25) is 0 Å². The van der Waals surface area contributed by atoms with Crippen molar-refractivity contribution in [3.05, 3.63) is 71.3 Å². The number of carbonyl (C=O) groups excluding carboxylic acids is 1. The van der Waals surface area contributed by atoms with Crippen molar-refractivity contribution in [3.8, 4) is 0 Å². The molecule has 2 aromatic rings. The van der Waals surface area contributed by atoms with Gasteiger partial charge in [-0.25, -0.2) is 0 Å². The molecule has 0 saturated carbocycles. The number of nitrogens with zero attached hydrogens (tertiary/aromatic N) is 1.